The summed E-state index contributed by atoms with van der Waals surface area (Å²) in [5, 5.41) is 4.92. The van der Waals surface area contributed by atoms with E-state index >= 15 is 0 Å². The van der Waals surface area contributed by atoms with Gasteiger partial charge in [-0.2, -0.15) is 0 Å². The molecule has 1 aliphatic heterocycles. The van der Waals surface area contributed by atoms with Gasteiger partial charge in [-0.25, -0.2) is 4.79 Å². The van der Waals surface area contributed by atoms with Crippen LogP contribution in [0.15, 0.2) is 23.4 Å². The van der Waals surface area contributed by atoms with Gasteiger partial charge in [0.05, 0.1) is 12.8 Å². The van der Waals surface area contributed by atoms with Crippen LogP contribution in [0.2, 0.25) is 10.0 Å². The Labute approximate surface area is 114 Å². The van der Waals surface area contributed by atoms with E-state index in [-0.39, 0.29) is 0 Å². The van der Waals surface area contributed by atoms with Gasteiger partial charge in [0.2, 0.25) is 5.60 Å². The summed E-state index contributed by atoms with van der Waals surface area (Å²) in [7, 11) is 1.31. The fourth-order valence-corrected chi connectivity index (χ4v) is 2.27. The average molecular weight is 288 g/mol. The molecule has 1 unspecified atom stereocenters. The standard InChI is InChI=1S/C12H11Cl2NO3/c1-12(11(16)17-2)6-10(15-18-12)7-3-8(13)5-9(14)4-7/h3-5H,6H2,1-2H3. The number of hydrogen-bond donors (Lipinski definition) is 0. The van der Waals surface area contributed by atoms with Crippen molar-refractivity contribution in [2.45, 2.75) is 18.9 Å². The highest BCUT2D eigenvalue weighted by molar-refractivity contribution is 6.35. The first-order chi connectivity index (χ1) is 8.44. The SMILES string of the molecule is COC(=O)C1(C)CC(c2cc(Cl)cc(Cl)c2)=NO1. The molecule has 0 spiro atoms. The van der Waals surface area contributed by atoms with Crippen LogP contribution in [0.4, 0.5) is 0 Å². The van der Waals surface area contributed by atoms with Gasteiger partial charge >= 0.3 is 5.97 Å². The van der Waals surface area contributed by atoms with Gasteiger partial charge in [0.15, 0.2) is 0 Å². The van der Waals surface area contributed by atoms with Gasteiger partial charge in [-0.15, -0.1) is 0 Å². The highest BCUT2D eigenvalue weighted by atomic mass is 35.5. The van der Waals surface area contributed by atoms with Crippen LogP contribution in [0.5, 0.6) is 0 Å². The van der Waals surface area contributed by atoms with Crippen molar-refractivity contribution in [3.8, 4) is 0 Å². The predicted molar refractivity (Wildman–Crippen MR) is 69.1 cm³/mol. The molecular formula is C12H11Cl2NO3. The Kier molecular flexibility index (Phi) is 3.50. The molecule has 1 aliphatic rings. The van der Waals surface area contributed by atoms with Gasteiger partial charge in [0.1, 0.15) is 0 Å². The zero-order valence-corrected chi connectivity index (χ0v) is 11.4. The molecular weight excluding hydrogens is 277 g/mol. The van der Waals surface area contributed by atoms with Crippen molar-refractivity contribution < 1.29 is 14.4 Å². The molecule has 2 rings (SSSR count). The number of halogens is 2. The lowest BCUT2D eigenvalue weighted by molar-refractivity contribution is -0.164. The van der Waals surface area contributed by atoms with Gasteiger partial charge in [-0.05, 0) is 25.1 Å². The first kappa shape index (κ1) is 13.2. The largest absolute Gasteiger partial charge is 0.466 e. The van der Waals surface area contributed by atoms with Crippen molar-refractivity contribution in [2.24, 2.45) is 5.16 Å². The molecule has 0 saturated carbocycles. The van der Waals surface area contributed by atoms with Gasteiger partial charge in [0, 0.05) is 22.0 Å². The number of ether oxygens (including phenoxy) is 1. The zero-order valence-electron chi connectivity index (χ0n) is 9.87. The highest BCUT2D eigenvalue weighted by Crippen LogP contribution is 2.29. The van der Waals surface area contributed by atoms with Crippen molar-refractivity contribution in [1.29, 1.82) is 0 Å². The first-order valence-corrected chi connectivity index (χ1v) is 6.00. The lowest BCUT2D eigenvalue weighted by Gasteiger charge is -2.17. The maximum absolute atomic E-state index is 11.6. The molecule has 1 atom stereocenters. The van der Waals surface area contributed by atoms with E-state index in [1.165, 1.54) is 7.11 Å². The summed E-state index contributed by atoms with van der Waals surface area (Å²) in [5.74, 6) is -0.464. The van der Waals surface area contributed by atoms with Gasteiger partial charge in [-0.3, -0.25) is 0 Å². The summed E-state index contributed by atoms with van der Waals surface area (Å²) in [6.45, 7) is 1.63. The number of rotatable bonds is 2. The number of nitrogens with zero attached hydrogens (tertiary/aromatic N) is 1. The Morgan fingerprint density at radius 3 is 2.56 bits per heavy atom. The number of methoxy groups -OCH3 is 1. The summed E-state index contributed by atoms with van der Waals surface area (Å²) in [6.07, 6.45) is 0.316. The molecule has 0 aromatic heterocycles. The number of carbonyl (C=O) groups is 1. The van der Waals surface area contributed by atoms with Crippen LogP contribution >= 0.6 is 23.2 Å². The van der Waals surface area contributed by atoms with Crippen molar-refractivity contribution in [3.63, 3.8) is 0 Å². The minimum atomic E-state index is -1.08. The van der Waals surface area contributed by atoms with Gasteiger partial charge in [-0.1, -0.05) is 28.4 Å². The summed E-state index contributed by atoms with van der Waals surface area (Å²) >= 11 is 11.8. The Morgan fingerprint density at radius 2 is 2.00 bits per heavy atom. The number of hydrogen-bond acceptors (Lipinski definition) is 4. The molecule has 0 radical (unpaired) electrons. The second-order valence-corrected chi connectivity index (χ2v) is 5.06. The molecule has 0 amide bonds. The van der Waals surface area contributed by atoms with Crippen LogP contribution in [0.1, 0.15) is 18.9 Å². The third-order valence-electron chi connectivity index (χ3n) is 2.68. The third kappa shape index (κ3) is 2.44. The molecule has 1 aromatic carbocycles. The minimum Gasteiger partial charge on any atom is -0.466 e. The van der Waals surface area contributed by atoms with Crippen molar-refractivity contribution in [2.75, 3.05) is 7.11 Å². The van der Waals surface area contributed by atoms with Gasteiger partial charge in [0.25, 0.3) is 0 Å². The van der Waals surface area contributed by atoms with E-state index in [4.69, 9.17) is 28.0 Å². The van der Waals surface area contributed by atoms with Crippen LogP contribution in [0.25, 0.3) is 0 Å². The lowest BCUT2D eigenvalue weighted by atomic mass is 9.96. The van der Waals surface area contributed by atoms with E-state index in [2.05, 4.69) is 9.89 Å². The Balaban J connectivity index is 2.25. The number of oxime groups is 1. The van der Waals surface area contributed by atoms with E-state index in [1.807, 2.05) is 0 Å². The fourth-order valence-electron chi connectivity index (χ4n) is 1.74. The Hall–Kier alpha value is -1.26. The summed E-state index contributed by atoms with van der Waals surface area (Å²) in [5.41, 5.74) is 0.270. The Morgan fingerprint density at radius 1 is 1.39 bits per heavy atom. The molecule has 0 bridgehead atoms. The maximum atomic E-state index is 11.6. The summed E-state index contributed by atoms with van der Waals surface area (Å²) in [4.78, 5) is 16.7. The van der Waals surface area contributed by atoms with Crippen molar-refractivity contribution >= 4 is 34.9 Å². The predicted octanol–water partition coefficient (Wildman–Crippen LogP) is 3.05. The average Bonchev–Trinajstić information content (AvgIpc) is 2.71. The van der Waals surface area contributed by atoms with E-state index in [0.717, 1.165) is 5.56 Å². The monoisotopic (exact) mass is 287 g/mol. The zero-order chi connectivity index (χ0) is 13.3. The number of carbonyl (C=O) groups excluding carboxylic acids is 1. The van der Waals surface area contributed by atoms with Crippen LogP contribution in [0, 0.1) is 0 Å². The van der Waals surface area contributed by atoms with E-state index in [0.29, 0.717) is 22.2 Å². The normalized spacial score (nSPS) is 22.3. The molecule has 0 fully saturated rings. The van der Waals surface area contributed by atoms with Crippen LogP contribution in [-0.2, 0) is 14.4 Å². The van der Waals surface area contributed by atoms with Crippen LogP contribution in [-0.4, -0.2) is 24.4 Å². The minimum absolute atomic E-state index is 0.316. The number of benzene rings is 1. The van der Waals surface area contributed by atoms with Gasteiger partial charge < -0.3 is 9.57 Å². The second-order valence-electron chi connectivity index (χ2n) is 4.19. The smallest absolute Gasteiger partial charge is 0.353 e. The highest BCUT2D eigenvalue weighted by Gasteiger charge is 2.43. The molecule has 4 nitrogen and oxygen atoms in total. The molecule has 18 heavy (non-hydrogen) atoms. The molecule has 96 valence electrons. The number of esters is 1. The second kappa shape index (κ2) is 4.78. The first-order valence-electron chi connectivity index (χ1n) is 5.24. The van der Waals surface area contributed by atoms with Crippen LogP contribution < -0.4 is 0 Å². The topological polar surface area (TPSA) is 47.9 Å². The molecule has 0 aliphatic carbocycles. The molecule has 1 aromatic rings. The van der Waals surface area contributed by atoms with Crippen molar-refractivity contribution in [3.05, 3.63) is 33.8 Å². The maximum Gasteiger partial charge on any atom is 0.353 e. The van der Waals surface area contributed by atoms with E-state index in [9.17, 15) is 4.79 Å². The summed E-state index contributed by atoms with van der Waals surface area (Å²) < 4.78 is 4.68. The summed E-state index contributed by atoms with van der Waals surface area (Å²) in [6, 6.07) is 5.07. The fraction of sp³-hybridized carbons (Fsp3) is 0.333. The van der Waals surface area contributed by atoms with E-state index < -0.39 is 11.6 Å². The Bertz CT molecular complexity index is 510. The third-order valence-corrected chi connectivity index (χ3v) is 3.11. The molecule has 0 N–H and O–H groups in total. The van der Waals surface area contributed by atoms with Crippen LogP contribution in [0.3, 0.4) is 0 Å². The van der Waals surface area contributed by atoms with Crippen molar-refractivity contribution in [1.82, 2.24) is 0 Å². The quantitative estimate of drug-likeness (QED) is 0.786. The molecule has 6 heteroatoms. The molecule has 1 heterocycles. The lowest BCUT2D eigenvalue weighted by Crippen LogP contribution is -2.36. The van der Waals surface area contributed by atoms with E-state index in [1.54, 1.807) is 25.1 Å². The molecule has 0 saturated heterocycles.